The third kappa shape index (κ3) is 8.15. The lowest BCUT2D eigenvalue weighted by atomic mass is 9.65. The van der Waals surface area contributed by atoms with Crippen LogP contribution >= 0.6 is 0 Å². The molecule has 2 amide bonds. The minimum absolute atomic E-state index is 0.101. The summed E-state index contributed by atoms with van der Waals surface area (Å²) in [5, 5.41) is 15.8. The van der Waals surface area contributed by atoms with E-state index >= 15 is 14.4 Å². The number of amides is 2. The average molecular weight is 852 g/mol. The molecule has 1 spiro atoms. The molecule has 322 valence electrons. The van der Waals surface area contributed by atoms with Crippen LogP contribution in [-0.2, 0) is 37.5 Å². The number of morpholine rings is 1. The van der Waals surface area contributed by atoms with Gasteiger partial charge in [-0.2, -0.15) is 0 Å². The van der Waals surface area contributed by atoms with Gasteiger partial charge in [0.1, 0.15) is 29.9 Å². The predicted octanol–water partition coefficient (Wildman–Crippen LogP) is 6.57. The highest BCUT2D eigenvalue weighted by Crippen LogP contribution is 2.64. The van der Waals surface area contributed by atoms with Crippen LogP contribution in [0, 0.1) is 17.8 Å². The van der Waals surface area contributed by atoms with Crippen molar-refractivity contribution in [2.45, 2.75) is 42.6 Å². The first-order valence-corrected chi connectivity index (χ1v) is 21.6. The lowest BCUT2D eigenvalue weighted by molar-refractivity contribution is -0.178. The molecule has 0 bridgehead atoms. The highest BCUT2D eigenvalue weighted by Gasteiger charge is 2.74. The van der Waals surface area contributed by atoms with E-state index in [2.05, 4.69) is 49.4 Å². The lowest BCUT2D eigenvalue weighted by Crippen LogP contribution is -2.55. The maximum absolute atomic E-state index is 15.5. The van der Waals surface area contributed by atoms with Gasteiger partial charge in [-0.3, -0.25) is 29.2 Å². The van der Waals surface area contributed by atoms with Crippen molar-refractivity contribution >= 4 is 23.5 Å². The van der Waals surface area contributed by atoms with E-state index in [4.69, 9.17) is 9.47 Å². The van der Waals surface area contributed by atoms with Crippen LogP contribution in [0.15, 0.2) is 158 Å². The van der Waals surface area contributed by atoms with Crippen LogP contribution in [0.3, 0.4) is 0 Å². The summed E-state index contributed by atoms with van der Waals surface area (Å²) in [4.78, 5) is 54.6. The number of nitrogens with zero attached hydrogens (tertiary/aromatic N) is 3. The molecule has 4 heterocycles. The first kappa shape index (κ1) is 42.2. The number of carbonyl (C=O) groups excluding carboxylic acids is 3. The van der Waals surface area contributed by atoms with E-state index in [9.17, 15) is 5.11 Å². The number of benzene rings is 5. The summed E-state index contributed by atoms with van der Waals surface area (Å²) in [6.45, 7) is 1.38. The zero-order valence-corrected chi connectivity index (χ0v) is 35.5. The summed E-state index contributed by atoms with van der Waals surface area (Å²) < 4.78 is 12.3. The Morgan fingerprint density at radius 1 is 0.859 bits per heavy atom. The summed E-state index contributed by atoms with van der Waals surface area (Å²) in [6, 6.07) is 45.5. The van der Waals surface area contributed by atoms with E-state index in [1.165, 1.54) is 5.56 Å². The molecule has 3 N–H and O–H groups in total. The number of fused-ring (bicyclic) bond motifs is 3. The van der Waals surface area contributed by atoms with Gasteiger partial charge in [0.15, 0.2) is 0 Å². The number of esters is 1. The molecule has 0 saturated carbocycles. The fraction of sp³-hybridized carbons (Fsp3) is 0.245. The smallest absolute Gasteiger partial charge is 0.324 e. The molecule has 3 aliphatic heterocycles. The van der Waals surface area contributed by atoms with Crippen LogP contribution in [0.1, 0.15) is 57.3 Å². The number of anilines is 1. The number of carbonyl (C=O) groups is 3. The monoisotopic (exact) mass is 851 g/mol. The fourth-order valence-electron chi connectivity index (χ4n) is 9.78. The summed E-state index contributed by atoms with van der Waals surface area (Å²) in [6.07, 6.45) is 1.35. The summed E-state index contributed by atoms with van der Waals surface area (Å²) in [5.74, 6) is 4.47. The third-order valence-corrected chi connectivity index (χ3v) is 12.4. The molecule has 6 aromatic rings. The van der Waals surface area contributed by atoms with Crippen LogP contribution < -0.4 is 15.4 Å². The van der Waals surface area contributed by atoms with Gasteiger partial charge in [0, 0.05) is 42.7 Å². The van der Waals surface area contributed by atoms with Crippen LogP contribution in [0.2, 0.25) is 0 Å². The highest BCUT2D eigenvalue weighted by atomic mass is 16.6. The number of cyclic esters (lactones) is 1. The number of aliphatic hydroxyl groups is 1. The maximum Gasteiger partial charge on any atom is 0.324 e. The van der Waals surface area contributed by atoms with Crippen LogP contribution in [0.5, 0.6) is 5.75 Å². The van der Waals surface area contributed by atoms with Gasteiger partial charge in [-0.15, -0.1) is 0 Å². The Labute approximate surface area is 373 Å². The number of ether oxygens (including phenoxy) is 2. The van der Waals surface area contributed by atoms with Gasteiger partial charge < -0.3 is 25.2 Å². The molecule has 5 aromatic carbocycles. The molecule has 6 atom stereocenters. The Morgan fingerprint density at radius 3 is 2.27 bits per heavy atom. The molecule has 0 unspecified atom stereocenters. The topological polar surface area (TPSA) is 133 Å². The van der Waals surface area contributed by atoms with Crippen molar-refractivity contribution in [3.8, 4) is 17.6 Å². The molecule has 64 heavy (non-hydrogen) atoms. The molecule has 2 saturated heterocycles. The molecule has 11 heteroatoms. The average Bonchev–Trinajstić information content (AvgIpc) is 3.81. The summed E-state index contributed by atoms with van der Waals surface area (Å²) >= 11 is 0. The van der Waals surface area contributed by atoms with Crippen molar-refractivity contribution in [1.82, 2.24) is 20.1 Å². The Kier molecular flexibility index (Phi) is 12.3. The van der Waals surface area contributed by atoms with Gasteiger partial charge in [0.2, 0.25) is 11.8 Å². The number of aromatic nitrogens is 1. The number of pyridine rings is 1. The number of aliphatic hydroxyl groups excluding tert-OH is 1. The number of hydrogen-bond donors (Lipinski definition) is 3. The molecular formula is C53H49N5O6. The molecule has 0 radical (unpaired) electrons. The third-order valence-electron chi connectivity index (χ3n) is 12.4. The maximum atomic E-state index is 15.5. The minimum Gasteiger partial charge on any atom is -0.491 e. The van der Waals surface area contributed by atoms with Crippen molar-refractivity contribution in [3.63, 3.8) is 0 Å². The summed E-state index contributed by atoms with van der Waals surface area (Å²) in [5.41, 5.74) is 4.40. The van der Waals surface area contributed by atoms with Gasteiger partial charge in [0.25, 0.3) is 0 Å². The van der Waals surface area contributed by atoms with E-state index in [0.717, 1.165) is 23.4 Å². The van der Waals surface area contributed by atoms with E-state index in [1.807, 2.05) is 134 Å². The predicted molar refractivity (Wildman–Crippen MR) is 243 cm³/mol. The van der Waals surface area contributed by atoms with Crippen molar-refractivity contribution in [2.75, 3.05) is 38.7 Å². The standard InChI is InChI=1S/C53H49N5O6/c1-57(35-37-14-5-2-6-15-37)31-13-16-36-22-27-44-43(34-36)53(52(62)56-44)45(50(60)55-30-28-41-21-11-12-29-54-41)47-51(61)64-48(39-19-9-4-10-20-39)46(38-17-7-3-8-18-38)58(47)49(53)40-23-25-42(26-24-40)63-33-32-59/h2-12,14-15,17-27,29,34,45-49,59H,28,30-33,35H2,1H3,(H,55,60)(H,56,62)/t45-,46-,47-,48+,49+,53-/m1/s1. The largest absolute Gasteiger partial charge is 0.491 e. The lowest BCUT2D eigenvalue weighted by Gasteiger charge is -2.46. The number of nitrogens with one attached hydrogen (secondary N) is 2. The van der Waals surface area contributed by atoms with Gasteiger partial charge in [-0.25, -0.2) is 0 Å². The SMILES string of the molecule is CN(CC#Cc1ccc2c(c1)[C@]1(C(=O)N2)[C@H](c2ccc(OCCO)cc2)N2[C@H](c3ccccc3)[C@H](c3ccccc3)OC(=O)[C@H]2[C@@H]1C(=O)NCCc1ccccn1)Cc1ccccc1. The molecule has 0 aliphatic carbocycles. The molecule has 9 rings (SSSR count). The van der Waals surface area contributed by atoms with Crippen molar-refractivity contribution in [2.24, 2.45) is 5.92 Å². The number of rotatable bonds is 13. The van der Waals surface area contributed by atoms with Crippen molar-refractivity contribution in [3.05, 3.63) is 197 Å². The van der Waals surface area contributed by atoms with Crippen LogP contribution in [-0.4, -0.2) is 77.1 Å². The number of hydrogen-bond acceptors (Lipinski definition) is 9. The van der Waals surface area contributed by atoms with Gasteiger partial charge in [-0.1, -0.05) is 121 Å². The highest BCUT2D eigenvalue weighted by molar-refractivity contribution is 6.12. The Hall–Kier alpha value is -7.10. The second-order valence-electron chi connectivity index (χ2n) is 16.4. The zero-order valence-electron chi connectivity index (χ0n) is 35.5. The fourth-order valence-corrected chi connectivity index (χ4v) is 9.78. The molecule has 2 fully saturated rings. The quantitative estimate of drug-likeness (QED) is 0.0873. The van der Waals surface area contributed by atoms with Crippen molar-refractivity contribution < 1.29 is 29.0 Å². The second-order valence-corrected chi connectivity index (χ2v) is 16.4. The van der Waals surface area contributed by atoms with Gasteiger partial charge in [-0.05, 0) is 77.3 Å². The summed E-state index contributed by atoms with van der Waals surface area (Å²) in [7, 11) is 2.02. The first-order valence-electron chi connectivity index (χ1n) is 21.6. The molecule has 11 nitrogen and oxygen atoms in total. The van der Waals surface area contributed by atoms with E-state index in [-0.39, 0.29) is 19.8 Å². The normalized spacial score (nSPS) is 22.2. The Balaban J connectivity index is 1.22. The minimum atomic E-state index is -1.66. The van der Waals surface area contributed by atoms with Gasteiger partial charge >= 0.3 is 5.97 Å². The van der Waals surface area contributed by atoms with Crippen LogP contribution in [0.25, 0.3) is 0 Å². The molecule has 3 aliphatic rings. The zero-order chi connectivity index (χ0) is 44.0. The van der Waals surface area contributed by atoms with E-state index < -0.39 is 53.3 Å². The molecular weight excluding hydrogens is 803 g/mol. The van der Waals surface area contributed by atoms with Gasteiger partial charge in [0.05, 0.1) is 31.2 Å². The van der Waals surface area contributed by atoms with E-state index in [1.54, 1.807) is 18.3 Å². The van der Waals surface area contributed by atoms with Crippen LogP contribution in [0.4, 0.5) is 5.69 Å². The molecule has 1 aromatic heterocycles. The van der Waals surface area contributed by atoms with E-state index in [0.29, 0.717) is 41.1 Å². The van der Waals surface area contributed by atoms with Crippen molar-refractivity contribution in [1.29, 1.82) is 0 Å². The first-order chi connectivity index (χ1) is 31.4. The second kappa shape index (κ2) is 18.7. The Morgan fingerprint density at radius 2 is 1.56 bits per heavy atom. The Bertz CT molecular complexity index is 2660.